The van der Waals surface area contributed by atoms with Crippen LogP contribution in [0.3, 0.4) is 0 Å². The fraction of sp³-hybridized carbons (Fsp3) is 0.392. The summed E-state index contributed by atoms with van der Waals surface area (Å²) >= 11 is 0. The molecule has 5 N–H and O–H groups in total. The van der Waals surface area contributed by atoms with Crippen LogP contribution in [0.15, 0.2) is 115 Å². The number of urea groups is 1. The molecule has 3 aliphatic rings. The van der Waals surface area contributed by atoms with Crippen molar-refractivity contribution >= 4 is 29.7 Å². The first-order chi connectivity index (χ1) is 32.8. The van der Waals surface area contributed by atoms with Crippen molar-refractivity contribution in [1.82, 2.24) is 46.5 Å². The van der Waals surface area contributed by atoms with E-state index in [2.05, 4.69) is 43.8 Å². The Kier molecular flexibility index (Phi) is 14.9. The van der Waals surface area contributed by atoms with Crippen molar-refractivity contribution in [3.05, 3.63) is 143 Å². The third-order valence-corrected chi connectivity index (χ3v) is 13.0. The van der Waals surface area contributed by atoms with E-state index in [0.717, 1.165) is 61.8 Å². The fourth-order valence-electron chi connectivity index (χ4n) is 8.88. The molecule has 68 heavy (non-hydrogen) atoms. The van der Waals surface area contributed by atoms with Crippen molar-refractivity contribution in [1.29, 1.82) is 0 Å². The van der Waals surface area contributed by atoms with Crippen molar-refractivity contribution in [3.63, 3.8) is 0 Å². The lowest BCUT2D eigenvalue weighted by Gasteiger charge is -2.19. The zero-order valence-corrected chi connectivity index (χ0v) is 37.8. The molecule has 5 aromatic rings. The molecule has 356 valence electrons. The summed E-state index contributed by atoms with van der Waals surface area (Å²) in [5.74, 6) is -2.29. The van der Waals surface area contributed by atoms with Crippen LogP contribution < -0.4 is 26.6 Å². The molecule has 0 bridgehead atoms. The zero-order chi connectivity index (χ0) is 47.8. The molecule has 2 aliphatic carbocycles. The highest BCUT2D eigenvalue weighted by Gasteiger charge is 2.49. The van der Waals surface area contributed by atoms with Gasteiger partial charge < -0.3 is 31.5 Å². The molecule has 6 amide bonds. The highest BCUT2D eigenvalue weighted by molar-refractivity contribution is 5.97. The van der Waals surface area contributed by atoms with Crippen LogP contribution in [0.1, 0.15) is 89.9 Å². The van der Waals surface area contributed by atoms with Crippen LogP contribution in [0.2, 0.25) is 0 Å². The molecule has 1 aromatic heterocycles. The van der Waals surface area contributed by atoms with Crippen molar-refractivity contribution in [2.45, 2.75) is 94.7 Å². The summed E-state index contributed by atoms with van der Waals surface area (Å²) in [4.78, 5) is 69.8. The SMILES string of the molecule is CCCCCCNC(=O)[C@H](Cn1cc(-c2ccc(C(=O)N3C[C@@H](C(=O)N[C@H]4C[C@@H]4c4ccccc4)[C@H](C(=O)N[C@H]4C[C@@H]4c4ccccc4)C3)cc2)nn1)NC(=O)NCc1ccc(C(F)(F)F)cc1. The number of halogens is 3. The lowest BCUT2D eigenvalue weighted by Crippen LogP contribution is -2.52. The minimum absolute atomic E-state index is 0.0392. The number of carbonyl (C=O) groups is 5. The monoisotopic (exact) mass is 931 g/mol. The average Bonchev–Trinajstić information content (AvgIpc) is 4.18. The van der Waals surface area contributed by atoms with Crippen molar-refractivity contribution in [2.75, 3.05) is 19.6 Å². The molecular formula is C51H56F3N9O5. The summed E-state index contributed by atoms with van der Waals surface area (Å²) in [6, 6.07) is 29.3. The van der Waals surface area contributed by atoms with E-state index < -0.39 is 41.6 Å². The topological polar surface area (TPSA) is 179 Å². The summed E-state index contributed by atoms with van der Waals surface area (Å²) in [6.45, 7) is 2.50. The number of alkyl halides is 3. The maximum Gasteiger partial charge on any atom is 0.416 e. The van der Waals surface area contributed by atoms with Crippen LogP contribution in [-0.2, 0) is 33.6 Å². The maximum atomic E-state index is 14.1. The summed E-state index contributed by atoms with van der Waals surface area (Å²) in [5, 5.41) is 22.9. The molecule has 0 unspecified atom stereocenters. The number of hydrogen-bond acceptors (Lipinski definition) is 7. The molecule has 2 heterocycles. The number of rotatable bonds is 19. The number of hydrogen-bond donors (Lipinski definition) is 5. The second-order valence-electron chi connectivity index (χ2n) is 18.0. The normalized spacial score (nSPS) is 21.0. The summed E-state index contributed by atoms with van der Waals surface area (Å²) in [5.41, 5.74) is 3.36. The Morgan fingerprint density at radius 1 is 0.721 bits per heavy atom. The molecule has 14 nitrogen and oxygen atoms in total. The molecule has 1 saturated heterocycles. The summed E-state index contributed by atoms with van der Waals surface area (Å²) in [7, 11) is 0. The van der Waals surface area contributed by atoms with Crippen LogP contribution in [-0.4, -0.2) is 87.3 Å². The molecule has 8 rings (SSSR count). The summed E-state index contributed by atoms with van der Waals surface area (Å²) < 4.78 is 40.5. The molecule has 0 spiro atoms. The van der Waals surface area contributed by atoms with Gasteiger partial charge in [0.25, 0.3) is 5.91 Å². The Morgan fingerprint density at radius 3 is 1.87 bits per heavy atom. The number of unbranched alkanes of at least 4 members (excludes halogenated alkanes) is 3. The van der Waals surface area contributed by atoms with E-state index in [1.165, 1.54) is 16.8 Å². The predicted octanol–water partition coefficient (Wildman–Crippen LogP) is 6.56. The molecule has 4 aromatic carbocycles. The van der Waals surface area contributed by atoms with Gasteiger partial charge in [0.1, 0.15) is 11.7 Å². The Bertz CT molecular complexity index is 2460. The number of nitrogens with one attached hydrogen (secondary N) is 5. The van der Waals surface area contributed by atoms with Crippen molar-refractivity contribution < 1.29 is 37.1 Å². The highest BCUT2D eigenvalue weighted by atomic mass is 19.4. The zero-order valence-electron chi connectivity index (χ0n) is 37.8. The molecule has 0 radical (unpaired) electrons. The van der Waals surface area contributed by atoms with E-state index in [1.807, 2.05) is 60.7 Å². The standard InChI is InChI=1S/C51H56F3N9O5/c1-2-3-4-11-24-55-48(66)45(59-50(68)56-27-32-16-22-37(23-17-32)51(52,53)54)31-63-30-44(60-61-63)35-18-20-36(21-19-35)49(67)62-28-40(46(64)57-42-25-38(42)33-12-7-5-8-13-33)41(29-62)47(65)58-43-26-39(43)34-14-9-6-10-15-34/h5-10,12-23,30,38-43,45H,2-4,11,24-29,31H2,1H3,(H,55,66)(H,57,64)(H,58,65)(H2,56,59,68)/t38-,39-,40-,41-,42+,43+,45+/m1/s1. The van der Waals surface area contributed by atoms with Gasteiger partial charge in [0, 0.05) is 61.2 Å². The van der Waals surface area contributed by atoms with Gasteiger partial charge in [-0.3, -0.25) is 19.2 Å². The second-order valence-corrected chi connectivity index (χ2v) is 18.0. The molecule has 3 fully saturated rings. The van der Waals surface area contributed by atoms with E-state index in [4.69, 9.17) is 0 Å². The van der Waals surface area contributed by atoms with Crippen LogP contribution in [0.25, 0.3) is 11.3 Å². The highest BCUT2D eigenvalue weighted by Crippen LogP contribution is 2.43. The molecule has 7 atom stereocenters. The van der Waals surface area contributed by atoms with Crippen LogP contribution >= 0.6 is 0 Å². The van der Waals surface area contributed by atoms with Crippen molar-refractivity contribution in [3.8, 4) is 11.3 Å². The minimum atomic E-state index is -4.48. The van der Waals surface area contributed by atoms with Gasteiger partial charge in [0.05, 0.1) is 30.1 Å². The van der Waals surface area contributed by atoms with E-state index in [1.54, 1.807) is 35.4 Å². The molecule has 2 saturated carbocycles. The number of nitrogens with zero attached hydrogens (tertiary/aromatic N) is 4. The van der Waals surface area contributed by atoms with E-state index in [0.29, 0.717) is 28.9 Å². The Balaban J connectivity index is 0.900. The predicted molar refractivity (Wildman–Crippen MR) is 248 cm³/mol. The quantitative estimate of drug-likeness (QED) is 0.0582. The first-order valence-electron chi connectivity index (χ1n) is 23.3. The van der Waals surface area contributed by atoms with Gasteiger partial charge in [-0.05, 0) is 60.2 Å². The van der Waals surface area contributed by atoms with E-state index >= 15 is 0 Å². The smallest absolute Gasteiger partial charge is 0.354 e. The van der Waals surface area contributed by atoms with Crippen LogP contribution in [0.5, 0.6) is 0 Å². The first-order valence-corrected chi connectivity index (χ1v) is 23.3. The van der Waals surface area contributed by atoms with Crippen molar-refractivity contribution in [2.24, 2.45) is 11.8 Å². The van der Waals surface area contributed by atoms with Gasteiger partial charge in [-0.2, -0.15) is 13.2 Å². The van der Waals surface area contributed by atoms with Gasteiger partial charge in [-0.25, -0.2) is 9.48 Å². The Labute approximate surface area is 392 Å². The number of benzene rings is 4. The number of aromatic nitrogens is 3. The Morgan fingerprint density at radius 2 is 1.31 bits per heavy atom. The van der Waals surface area contributed by atoms with Gasteiger partial charge in [0.15, 0.2) is 0 Å². The van der Waals surface area contributed by atoms with E-state index in [9.17, 15) is 37.1 Å². The van der Waals surface area contributed by atoms with Crippen LogP contribution in [0.4, 0.5) is 18.0 Å². The minimum Gasteiger partial charge on any atom is -0.354 e. The Hall–Kier alpha value is -7.04. The lowest BCUT2D eigenvalue weighted by molar-refractivity contribution is -0.137. The number of carbonyl (C=O) groups excluding carboxylic acids is 5. The molecule has 1 aliphatic heterocycles. The van der Waals surface area contributed by atoms with Gasteiger partial charge in [-0.15, -0.1) is 5.10 Å². The van der Waals surface area contributed by atoms with Gasteiger partial charge in [0.2, 0.25) is 17.7 Å². The third kappa shape index (κ3) is 12.1. The molecule has 17 heteroatoms. The third-order valence-electron chi connectivity index (χ3n) is 13.0. The largest absolute Gasteiger partial charge is 0.416 e. The first kappa shape index (κ1) is 47.5. The van der Waals surface area contributed by atoms with Gasteiger partial charge >= 0.3 is 12.2 Å². The summed E-state index contributed by atoms with van der Waals surface area (Å²) in [6.07, 6.45) is 2.47. The van der Waals surface area contributed by atoms with E-state index in [-0.39, 0.29) is 67.8 Å². The average molecular weight is 932 g/mol. The maximum absolute atomic E-state index is 14.1. The van der Waals surface area contributed by atoms with Gasteiger partial charge in [-0.1, -0.05) is 116 Å². The molecular weight excluding hydrogens is 876 g/mol. The number of amides is 6. The lowest BCUT2D eigenvalue weighted by atomic mass is 9.94. The second kappa shape index (κ2) is 21.3. The van der Waals surface area contributed by atoms with Crippen LogP contribution in [0, 0.1) is 11.8 Å². The fourth-order valence-corrected chi connectivity index (χ4v) is 8.88. The number of likely N-dealkylation sites (tertiary alicyclic amines) is 1.